The fraction of sp³-hybridized carbons (Fsp3) is 0.632. The van der Waals surface area contributed by atoms with Crippen LogP contribution in [0.15, 0.2) is 17.1 Å². The molecule has 0 radical (unpaired) electrons. The molecule has 1 aliphatic rings. The Kier molecular flexibility index (Phi) is 5.11. The molecule has 0 unspecified atom stereocenters. The number of ether oxygens (including phenoxy) is 2. The summed E-state index contributed by atoms with van der Waals surface area (Å²) >= 11 is 0. The molecule has 25 heavy (non-hydrogen) atoms. The van der Waals surface area contributed by atoms with Crippen LogP contribution in [-0.4, -0.2) is 35.0 Å². The Balaban J connectivity index is 2.24. The van der Waals surface area contributed by atoms with Crippen LogP contribution < -0.4 is 10.1 Å². The summed E-state index contributed by atoms with van der Waals surface area (Å²) in [6.45, 7) is 14.6. The molecule has 1 aromatic heterocycles. The number of carbonyl (C=O) groups is 1. The molecule has 6 heteroatoms. The molecule has 6 nitrogen and oxygen atoms in total. The molecule has 1 aliphatic heterocycles. The van der Waals surface area contributed by atoms with Gasteiger partial charge in [0.15, 0.2) is 0 Å². The normalized spacial score (nSPS) is 20.3. The number of pyridine rings is 1. The number of amides is 1. The quantitative estimate of drug-likeness (QED) is 0.858. The number of aliphatic imine (C=N–C) groups is 1. The summed E-state index contributed by atoms with van der Waals surface area (Å²) in [6, 6.07) is 3.54. The summed E-state index contributed by atoms with van der Waals surface area (Å²) in [5, 5.41) is 2.64. The number of anilines is 1. The molecule has 2 rings (SSSR count). The van der Waals surface area contributed by atoms with Crippen LogP contribution in [0.3, 0.4) is 0 Å². The van der Waals surface area contributed by atoms with Crippen LogP contribution in [-0.2, 0) is 4.74 Å². The first-order chi connectivity index (χ1) is 11.5. The highest BCUT2D eigenvalue weighted by atomic mass is 16.6. The maximum Gasteiger partial charge on any atom is 0.413 e. The second-order valence-corrected chi connectivity index (χ2v) is 8.38. The Bertz CT molecular complexity index is 671. The number of hydrogen-bond acceptors (Lipinski definition) is 5. The minimum atomic E-state index is -0.562. The van der Waals surface area contributed by atoms with Crippen LogP contribution in [0.2, 0.25) is 0 Å². The number of nitrogens with zero attached hydrogens (tertiary/aromatic N) is 2. The van der Waals surface area contributed by atoms with E-state index in [-0.39, 0.29) is 5.41 Å². The van der Waals surface area contributed by atoms with Gasteiger partial charge in [-0.25, -0.2) is 9.78 Å². The molecular formula is C19H29N3O3. The lowest BCUT2D eigenvalue weighted by Crippen LogP contribution is -2.50. The first-order valence-corrected chi connectivity index (χ1v) is 8.66. The van der Waals surface area contributed by atoms with Crippen molar-refractivity contribution in [2.45, 2.75) is 66.1 Å². The number of carbonyl (C=O) groups excluding carboxylic acids is 1. The SMILES string of the molecule is CC[C@@]1(C(C)(C)C)CN=Cc2nc(NC(=O)OC(C)(C)C)ccc2O1. The first-order valence-electron chi connectivity index (χ1n) is 8.66. The Morgan fingerprint density at radius 3 is 2.52 bits per heavy atom. The third-order valence-electron chi connectivity index (χ3n) is 4.32. The summed E-state index contributed by atoms with van der Waals surface area (Å²) in [6.07, 6.45) is 2.01. The van der Waals surface area contributed by atoms with Crippen LogP contribution in [0, 0.1) is 5.41 Å². The van der Waals surface area contributed by atoms with E-state index < -0.39 is 17.3 Å². The molecule has 1 atom stereocenters. The summed E-state index contributed by atoms with van der Waals surface area (Å²) < 4.78 is 11.6. The van der Waals surface area contributed by atoms with E-state index in [0.717, 1.165) is 6.42 Å². The lowest BCUT2D eigenvalue weighted by molar-refractivity contribution is -0.0269. The van der Waals surface area contributed by atoms with E-state index in [4.69, 9.17) is 9.47 Å². The van der Waals surface area contributed by atoms with Crippen molar-refractivity contribution in [2.24, 2.45) is 10.4 Å². The molecule has 0 saturated carbocycles. The zero-order valence-electron chi connectivity index (χ0n) is 16.3. The van der Waals surface area contributed by atoms with E-state index in [1.165, 1.54) is 0 Å². The molecule has 0 bridgehead atoms. The van der Waals surface area contributed by atoms with E-state index in [0.29, 0.717) is 23.8 Å². The molecule has 1 N–H and O–H groups in total. The zero-order valence-corrected chi connectivity index (χ0v) is 16.3. The monoisotopic (exact) mass is 347 g/mol. The lowest BCUT2D eigenvalue weighted by Gasteiger charge is -2.42. The molecule has 0 fully saturated rings. The van der Waals surface area contributed by atoms with Gasteiger partial charge in [-0.2, -0.15) is 0 Å². The number of nitrogens with one attached hydrogen (secondary N) is 1. The van der Waals surface area contributed by atoms with Crippen LogP contribution in [0.25, 0.3) is 0 Å². The van der Waals surface area contributed by atoms with Crippen molar-refractivity contribution >= 4 is 18.1 Å². The van der Waals surface area contributed by atoms with Gasteiger partial charge < -0.3 is 9.47 Å². The fourth-order valence-electron chi connectivity index (χ4n) is 2.75. The van der Waals surface area contributed by atoms with Crippen molar-refractivity contribution in [2.75, 3.05) is 11.9 Å². The average Bonchev–Trinajstić information content (AvgIpc) is 2.64. The number of hydrogen-bond donors (Lipinski definition) is 1. The van der Waals surface area contributed by atoms with Crippen molar-refractivity contribution in [3.8, 4) is 5.75 Å². The van der Waals surface area contributed by atoms with Crippen LogP contribution in [0.4, 0.5) is 10.6 Å². The fourth-order valence-corrected chi connectivity index (χ4v) is 2.75. The Morgan fingerprint density at radius 1 is 1.28 bits per heavy atom. The van der Waals surface area contributed by atoms with E-state index in [1.807, 2.05) is 26.8 Å². The predicted molar refractivity (Wildman–Crippen MR) is 99.7 cm³/mol. The molecule has 1 aromatic rings. The van der Waals surface area contributed by atoms with Gasteiger partial charge in [-0.15, -0.1) is 0 Å². The minimum Gasteiger partial charge on any atom is -0.482 e. The van der Waals surface area contributed by atoms with Gasteiger partial charge in [-0.1, -0.05) is 27.7 Å². The van der Waals surface area contributed by atoms with Gasteiger partial charge in [0.2, 0.25) is 0 Å². The van der Waals surface area contributed by atoms with Crippen LogP contribution in [0.1, 0.15) is 60.6 Å². The van der Waals surface area contributed by atoms with E-state index in [9.17, 15) is 4.79 Å². The second-order valence-electron chi connectivity index (χ2n) is 8.38. The van der Waals surface area contributed by atoms with Gasteiger partial charge in [0, 0.05) is 5.41 Å². The van der Waals surface area contributed by atoms with E-state index in [2.05, 4.69) is 43.0 Å². The lowest BCUT2D eigenvalue weighted by atomic mass is 9.74. The minimum absolute atomic E-state index is 0.0753. The van der Waals surface area contributed by atoms with Gasteiger partial charge in [0.25, 0.3) is 0 Å². The van der Waals surface area contributed by atoms with E-state index >= 15 is 0 Å². The molecule has 1 amide bonds. The highest BCUT2D eigenvalue weighted by molar-refractivity contribution is 5.86. The number of aromatic nitrogens is 1. The Hall–Kier alpha value is -2.11. The third-order valence-corrected chi connectivity index (χ3v) is 4.32. The zero-order chi connectivity index (χ0) is 18.9. The number of fused-ring (bicyclic) bond motifs is 1. The molecule has 0 saturated heterocycles. The van der Waals surface area contributed by atoms with Crippen molar-refractivity contribution < 1.29 is 14.3 Å². The third kappa shape index (κ3) is 4.50. The maximum absolute atomic E-state index is 11.9. The highest BCUT2D eigenvalue weighted by Gasteiger charge is 2.44. The molecular weight excluding hydrogens is 318 g/mol. The topological polar surface area (TPSA) is 72.8 Å². The van der Waals surface area contributed by atoms with Crippen molar-refractivity contribution in [3.63, 3.8) is 0 Å². The summed E-state index contributed by atoms with van der Waals surface area (Å²) in [4.78, 5) is 20.9. The van der Waals surface area contributed by atoms with Crippen molar-refractivity contribution in [1.29, 1.82) is 0 Å². The van der Waals surface area contributed by atoms with Gasteiger partial charge in [-0.05, 0) is 39.3 Å². The maximum atomic E-state index is 11.9. The summed E-state index contributed by atoms with van der Waals surface area (Å²) in [7, 11) is 0. The van der Waals surface area contributed by atoms with Gasteiger partial charge in [-0.3, -0.25) is 10.3 Å². The largest absolute Gasteiger partial charge is 0.482 e. The summed E-state index contributed by atoms with van der Waals surface area (Å²) in [5.41, 5.74) is -0.425. The van der Waals surface area contributed by atoms with Gasteiger partial charge in [0.05, 0.1) is 12.8 Å². The van der Waals surface area contributed by atoms with Crippen LogP contribution in [0.5, 0.6) is 5.75 Å². The van der Waals surface area contributed by atoms with Crippen molar-refractivity contribution in [1.82, 2.24) is 4.98 Å². The smallest absolute Gasteiger partial charge is 0.413 e. The summed E-state index contributed by atoms with van der Waals surface area (Å²) in [5.74, 6) is 1.08. The van der Waals surface area contributed by atoms with Crippen molar-refractivity contribution in [3.05, 3.63) is 17.8 Å². The Morgan fingerprint density at radius 2 is 1.96 bits per heavy atom. The van der Waals surface area contributed by atoms with E-state index in [1.54, 1.807) is 12.3 Å². The number of rotatable bonds is 2. The van der Waals surface area contributed by atoms with Gasteiger partial charge >= 0.3 is 6.09 Å². The molecule has 0 aliphatic carbocycles. The second kappa shape index (κ2) is 6.65. The molecule has 2 heterocycles. The average molecular weight is 347 g/mol. The van der Waals surface area contributed by atoms with Gasteiger partial charge in [0.1, 0.15) is 28.5 Å². The highest BCUT2D eigenvalue weighted by Crippen LogP contribution is 2.40. The predicted octanol–water partition coefficient (Wildman–Crippen LogP) is 4.43. The van der Waals surface area contributed by atoms with Crippen LogP contribution >= 0.6 is 0 Å². The molecule has 0 spiro atoms. The molecule has 0 aromatic carbocycles. The Labute approximate surface area is 150 Å². The molecule has 138 valence electrons. The first kappa shape index (κ1) is 19.2. The standard InChI is InChI=1S/C19H29N3O3/c1-8-19(17(2,3)4)12-20-11-13-14(24-19)9-10-15(21-13)22-16(23)25-18(5,6)7/h9-11H,8,12H2,1-7H3,(H,21,22,23)/t19-/m0/s1.